The highest BCUT2D eigenvalue weighted by Gasteiger charge is 2.29. The zero-order valence-corrected chi connectivity index (χ0v) is 18.3. The van der Waals surface area contributed by atoms with E-state index >= 15 is 0 Å². The summed E-state index contributed by atoms with van der Waals surface area (Å²) in [5.74, 6) is 0.336. The molecule has 0 radical (unpaired) electrons. The fourth-order valence-electron chi connectivity index (χ4n) is 4.72. The normalized spacial score (nSPS) is 18.2. The molecule has 0 bridgehead atoms. The Kier molecular flexibility index (Phi) is 7.54. The van der Waals surface area contributed by atoms with Crippen LogP contribution in [0.1, 0.15) is 48.5 Å². The first-order valence-corrected chi connectivity index (χ1v) is 11.7. The molecule has 1 aromatic carbocycles. The molecular weight excluding hydrogens is 388 g/mol. The van der Waals surface area contributed by atoms with Crippen LogP contribution in [0.25, 0.3) is 0 Å². The number of aromatic nitrogens is 1. The topological polar surface area (TPSA) is 68.7 Å². The van der Waals surface area contributed by atoms with Crippen LogP contribution >= 0.6 is 0 Å². The highest BCUT2D eigenvalue weighted by molar-refractivity contribution is 5.75. The molecule has 31 heavy (non-hydrogen) atoms. The average molecular weight is 423 g/mol. The molecule has 0 spiro atoms. The van der Waals surface area contributed by atoms with E-state index in [0.29, 0.717) is 0 Å². The van der Waals surface area contributed by atoms with E-state index in [1.807, 2.05) is 30.3 Å². The van der Waals surface area contributed by atoms with Gasteiger partial charge in [0.1, 0.15) is 11.9 Å². The van der Waals surface area contributed by atoms with E-state index in [1.54, 1.807) is 0 Å². The summed E-state index contributed by atoms with van der Waals surface area (Å²) in [4.78, 5) is 21.2. The van der Waals surface area contributed by atoms with Gasteiger partial charge in [-0.2, -0.15) is 0 Å². The van der Waals surface area contributed by atoms with Gasteiger partial charge in [0.05, 0.1) is 0 Å². The minimum atomic E-state index is -0.759. The van der Waals surface area contributed by atoms with E-state index in [0.717, 1.165) is 63.5 Å². The molecule has 166 valence electrons. The van der Waals surface area contributed by atoms with Crippen LogP contribution in [0.5, 0.6) is 0 Å². The fraction of sp³-hybridized carbons (Fsp3) is 0.520. The third-order valence-corrected chi connectivity index (χ3v) is 6.48. The van der Waals surface area contributed by atoms with Crippen molar-refractivity contribution in [1.29, 1.82) is 0 Å². The molecule has 0 unspecified atom stereocenters. The van der Waals surface area contributed by atoms with Crippen LogP contribution in [0.2, 0.25) is 0 Å². The van der Waals surface area contributed by atoms with Crippen molar-refractivity contribution in [1.82, 2.24) is 14.8 Å². The Labute approximate surface area is 185 Å². The Hall–Kier alpha value is -2.44. The largest absolute Gasteiger partial charge is 0.480 e. The summed E-state index contributed by atoms with van der Waals surface area (Å²) < 4.78 is 0. The standard InChI is InChI=1S/C25H34N4O2/c30-25(31)23(20-8-3-1-4-9-20)29-18-16-28(17-19-29)15-6-2-5-11-22-13-12-21-10-7-14-26-24(21)27-22/h1,3-4,8-9,12-13,23H,2,5-7,10-11,14-19H2,(H,26,27)(H,30,31)/t23-/m1/s1. The Balaban J connectivity index is 1.16. The predicted molar refractivity (Wildman–Crippen MR) is 123 cm³/mol. The summed E-state index contributed by atoms with van der Waals surface area (Å²) in [7, 11) is 0. The number of carboxylic acid groups (broad SMARTS) is 1. The molecule has 1 saturated heterocycles. The highest BCUT2D eigenvalue weighted by atomic mass is 16.4. The first kappa shape index (κ1) is 21.8. The number of aryl methyl sites for hydroxylation is 2. The van der Waals surface area contributed by atoms with E-state index in [9.17, 15) is 9.90 Å². The van der Waals surface area contributed by atoms with E-state index < -0.39 is 12.0 Å². The van der Waals surface area contributed by atoms with E-state index in [4.69, 9.17) is 4.98 Å². The Morgan fingerprint density at radius 1 is 1.03 bits per heavy atom. The third kappa shape index (κ3) is 5.83. The predicted octanol–water partition coefficient (Wildman–Crippen LogP) is 3.60. The van der Waals surface area contributed by atoms with Gasteiger partial charge in [0.25, 0.3) is 0 Å². The number of fused-ring (bicyclic) bond motifs is 1. The van der Waals surface area contributed by atoms with Crippen molar-refractivity contribution in [3.63, 3.8) is 0 Å². The summed E-state index contributed by atoms with van der Waals surface area (Å²) in [6.07, 6.45) is 6.94. The van der Waals surface area contributed by atoms with Crippen molar-refractivity contribution in [3.8, 4) is 0 Å². The van der Waals surface area contributed by atoms with Gasteiger partial charge >= 0.3 is 5.97 Å². The van der Waals surface area contributed by atoms with Crippen molar-refractivity contribution in [3.05, 3.63) is 59.3 Å². The number of piperazine rings is 1. The molecule has 2 aliphatic rings. The van der Waals surface area contributed by atoms with Crippen LogP contribution < -0.4 is 5.32 Å². The van der Waals surface area contributed by atoms with Crippen molar-refractivity contribution in [2.24, 2.45) is 0 Å². The number of nitrogens with one attached hydrogen (secondary N) is 1. The zero-order chi connectivity index (χ0) is 21.5. The lowest BCUT2D eigenvalue weighted by Crippen LogP contribution is -2.49. The van der Waals surface area contributed by atoms with Gasteiger partial charge in [0.2, 0.25) is 0 Å². The zero-order valence-electron chi connectivity index (χ0n) is 18.3. The van der Waals surface area contributed by atoms with Crippen LogP contribution in [-0.4, -0.2) is 65.1 Å². The maximum Gasteiger partial charge on any atom is 0.325 e. The molecule has 1 aromatic heterocycles. The second-order valence-electron chi connectivity index (χ2n) is 8.68. The molecule has 2 aliphatic heterocycles. The molecule has 0 aliphatic carbocycles. The maximum atomic E-state index is 11.9. The summed E-state index contributed by atoms with van der Waals surface area (Å²) in [5.41, 5.74) is 3.42. The van der Waals surface area contributed by atoms with Gasteiger partial charge in [0, 0.05) is 38.4 Å². The van der Waals surface area contributed by atoms with Gasteiger partial charge in [-0.3, -0.25) is 9.69 Å². The van der Waals surface area contributed by atoms with Gasteiger partial charge in [-0.25, -0.2) is 4.98 Å². The lowest BCUT2D eigenvalue weighted by Gasteiger charge is -2.37. The number of carboxylic acids is 1. The van der Waals surface area contributed by atoms with Crippen LogP contribution in [-0.2, 0) is 17.6 Å². The molecule has 2 N–H and O–H groups in total. The van der Waals surface area contributed by atoms with Gasteiger partial charge < -0.3 is 15.3 Å². The maximum absolute atomic E-state index is 11.9. The number of pyridine rings is 1. The number of anilines is 1. The Bertz CT molecular complexity index is 850. The minimum Gasteiger partial charge on any atom is -0.480 e. The molecule has 1 fully saturated rings. The number of aliphatic carboxylic acids is 1. The van der Waals surface area contributed by atoms with E-state index in [1.165, 1.54) is 36.9 Å². The molecular formula is C25H34N4O2. The van der Waals surface area contributed by atoms with E-state index in [2.05, 4.69) is 27.2 Å². The Morgan fingerprint density at radius 3 is 2.61 bits per heavy atom. The number of hydrogen-bond donors (Lipinski definition) is 2. The third-order valence-electron chi connectivity index (χ3n) is 6.48. The first-order chi connectivity index (χ1) is 15.2. The molecule has 3 heterocycles. The number of hydrogen-bond acceptors (Lipinski definition) is 5. The van der Waals surface area contributed by atoms with Crippen molar-refractivity contribution in [2.45, 2.75) is 44.6 Å². The van der Waals surface area contributed by atoms with Crippen molar-refractivity contribution in [2.75, 3.05) is 44.6 Å². The molecule has 0 amide bonds. The van der Waals surface area contributed by atoms with Crippen LogP contribution in [0, 0.1) is 0 Å². The minimum absolute atomic E-state index is 0.540. The first-order valence-electron chi connectivity index (χ1n) is 11.7. The number of carbonyl (C=O) groups is 1. The van der Waals surface area contributed by atoms with Gasteiger partial charge in [-0.1, -0.05) is 42.8 Å². The quantitative estimate of drug-likeness (QED) is 0.602. The second-order valence-corrected chi connectivity index (χ2v) is 8.68. The number of unbranched alkanes of at least 4 members (excludes halogenated alkanes) is 2. The molecule has 6 nitrogen and oxygen atoms in total. The lowest BCUT2D eigenvalue weighted by atomic mass is 10.0. The van der Waals surface area contributed by atoms with Crippen LogP contribution in [0.3, 0.4) is 0 Å². The summed E-state index contributed by atoms with van der Waals surface area (Å²) >= 11 is 0. The second kappa shape index (κ2) is 10.7. The van der Waals surface area contributed by atoms with E-state index in [-0.39, 0.29) is 0 Å². The fourth-order valence-corrected chi connectivity index (χ4v) is 4.72. The summed E-state index contributed by atoms with van der Waals surface area (Å²) in [5, 5.41) is 13.2. The van der Waals surface area contributed by atoms with Gasteiger partial charge in [-0.05, 0) is 55.8 Å². The Morgan fingerprint density at radius 2 is 1.84 bits per heavy atom. The van der Waals surface area contributed by atoms with Crippen molar-refractivity contribution < 1.29 is 9.90 Å². The van der Waals surface area contributed by atoms with Crippen molar-refractivity contribution >= 4 is 11.8 Å². The molecule has 4 rings (SSSR count). The van der Waals surface area contributed by atoms with Gasteiger partial charge in [0.15, 0.2) is 0 Å². The lowest BCUT2D eigenvalue weighted by molar-refractivity contribution is -0.144. The number of benzene rings is 1. The average Bonchev–Trinajstić information content (AvgIpc) is 2.80. The number of nitrogens with zero attached hydrogens (tertiary/aromatic N) is 3. The molecule has 2 aromatic rings. The molecule has 6 heteroatoms. The summed E-state index contributed by atoms with van der Waals surface area (Å²) in [6.45, 7) is 5.62. The van der Waals surface area contributed by atoms with Crippen LogP contribution in [0.15, 0.2) is 42.5 Å². The highest BCUT2D eigenvalue weighted by Crippen LogP contribution is 2.23. The number of rotatable bonds is 9. The monoisotopic (exact) mass is 422 g/mol. The molecule has 1 atom stereocenters. The van der Waals surface area contributed by atoms with Crippen LogP contribution in [0.4, 0.5) is 5.82 Å². The van der Waals surface area contributed by atoms with Gasteiger partial charge in [-0.15, -0.1) is 0 Å². The molecule has 0 saturated carbocycles. The summed E-state index contributed by atoms with van der Waals surface area (Å²) in [6, 6.07) is 13.5. The smallest absolute Gasteiger partial charge is 0.325 e. The SMILES string of the molecule is O=C(O)[C@@H](c1ccccc1)N1CCN(CCCCCc2ccc3c(n2)NCCC3)CC1.